The summed E-state index contributed by atoms with van der Waals surface area (Å²) in [5.41, 5.74) is 0.981. The molecule has 3 N–H and O–H groups in total. The molecule has 0 saturated heterocycles. The minimum absolute atomic E-state index is 0.164. The molecule has 0 aromatic carbocycles. The molecular weight excluding hydrogens is 304 g/mol. The number of carbonyl (C=O) groups excluding carboxylic acids is 1. The smallest absolute Gasteiger partial charge is 0.315 e. The lowest BCUT2D eigenvalue weighted by Gasteiger charge is -2.25. The summed E-state index contributed by atoms with van der Waals surface area (Å²) in [6.07, 6.45) is 5.40. The Morgan fingerprint density at radius 3 is 2.71 bits per heavy atom. The van der Waals surface area contributed by atoms with Gasteiger partial charge in [-0.25, -0.2) is 9.78 Å². The fourth-order valence-corrected chi connectivity index (χ4v) is 3.19. The molecule has 6 nitrogen and oxygen atoms in total. The van der Waals surface area contributed by atoms with Crippen LogP contribution in [-0.2, 0) is 6.54 Å². The lowest BCUT2D eigenvalue weighted by atomic mass is 9.87. The van der Waals surface area contributed by atoms with Crippen LogP contribution in [0.25, 0.3) is 0 Å². The van der Waals surface area contributed by atoms with Crippen molar-refractivity contribution in [3.63, 3.8) is 0 Å². The van der Waals surface area contributed by atoms with Crippen LogP contribution in [0, 0.1) is 5.92 Å². The highest BCUT2D eigenvalue weighted by molar-refractivity contribution is 5.73. The molecule has 0 bridgehead atoms. The molecule has 24 heavy (non-hydrogen) atoms. The van der Waals surface area contributed by atoms with E-state index in [-0.39, 0.29) is 12.1 Å². The Bertz CT molecular complexity index is 502. The predicted octanol–water partition coefficient (Wildman–Crippen LogP) is 2.28. The van der Waals surface area contributed by atoms with Crippen LogP contribution in [0.3, 0.4) is 0 Å². The van der Waals surface area contributed by atoms with Gasteiger partial charge >= 0.3 is 6.03 Å². The fourth-order valence-electron chi connectivity index (χ4n) is 3.19. The van der Waals surface area contributed by atoms with Crippen molar-refractivity contribution in [3.05, 3.63) is 23.9 Å². The van der Waals surface area contributed by atoms with Gasteiger partial charge in [0, 0.05) is 32.4 Å². The van der Waals surface area contributed by atoms with E-state index in [4.69, 9.17) is 0 Å². The van der Waals surface area contributed by atoms with Gasteiger partial charge in [-0.3, -0.25) is 0 Å². The summed E-state index contributed by atoms with van der Waals surface area (Å²) < 4.78 is 0. The number of hydrogen-bond donors (Lipinski definition) is 3. The van der Waals surface area contributed by atoms with Crippen molar-refractivity contribution in [1.29, 1.82) is 0 Å². The van der Waals surface area contributed by atoms with Gasteiger partial charge in [0.1, 0.15) is 5.82 Å². The lowest BCUT2D eigenvalue weighted by molar-refractivity contribution is 0.101. The molecule has 2 atom stereocenters. The second-order valence-electron chi connectivity index (χ2n) is 6.45. The Morgan fingerprint density at radius 2 is 2.08 bits per heavy atom. The van der Waals surface area contributed by atoms with Gasteiger partial charge in [-0.15, -0.1) is 0 Å². The third kappa shape index (κ3) is 5.67. The zero-order chi connectivity index (χ0) is 17.4. The van der Waals surface area contributed by atoms with Gasteiger partial charge in [-0.1, -0.05) is 12.5 Å². The number of urea groups is 1. The van der Waals surface area contributed by atoms with Crippen molar-refractivity contribution in [2.45, 2.75) is 52.2 Å². The first kappa shape index (κ1) is 18.5. The Kier molecular flexibility index (Phi) is 7.31. The van der Waals surface area contributed by atoms with Gasteiger partial charge in [0.25, 0.3) is 0 Å². The van der Waals surface area contributed by atoms with Crippen LogP contribution in [0.5, 0.6) is 0 Å². The Morgan fingerprint density at radius 1 is 1.29 bits per heavy atom. The molecule has 6 heteroatoms. The molecule has 1 aromatic rings. The summed E-state index contributed by atoms with van der Waals surface area (Å²) in [5, 5.41) is 15.4. The quantitative estimate of drug-likeness (QED) is 0.715. The van der Waals surface area contributed by atoms with Crippen LogP contribution in [-0.4, -0.2) is 41.9 Å². The number of nitrogens with one attached hydrogen (secondary N) is 2. The van der Waals surface area contributed by atoms with Crippen molar-refractivity contribution in [2.24, 2.45) is 5.92 Å². The van der Waals surface area contributed by atoms with Crippen molar-refractivity contribution in [2.75, 3.05) is 24.5 Å². The molecule has 1 fully saturated rings. The molecule has 1 aliphatic carbocycles. The van der Waals surface area contributed by atoms with Gasteiger partial charge < -0.3 is 20.6 Å². The molecule has 1 heterocycles. The van der Waals surface area contributed by atoms with Crippen LogP contribution < -0.4 is 15.5 Å². The third-order valence-electron chi connectivity index (χ3n) is 4.66. The first-order valence-electron chi connectivity index (χ1n) is 9.02. The highest BCUT2D eigenvalue weighted by atomic mass is 16.3. The van der Waals surface area contributed by atoms with E-state index in [1.54, 1.807) is 0 Å². The van der Waals surface area contributed by atoms with E-state index in [1.807, 2.05) is 18.3 Å². The number of hydrogen-bond acceptors (Lipinski definition) is 4. The average molecular weight is 334 g/mol. The zero-order valence-corrected chi connectivity index (χ0v) is 14.8. The molecular formula is C18H30N4O2. The standard InChI is InChI=1S/C18H30N4O2/c1-3-22(4-2)17-9-8-15(12-19-17)13-21-18(24)20-11-14-6-5-7-16(23)10-14/h8-9,12,14,16,23H,3-7,10-11,13H2,1-2H3,(H2,20,21,24). The molecule has 0 radical (unpaired) electrons. The number of amides is 2. The van der Waals surface area contributed by atoms with Crippen LogP contribution in [0.1, 0.15) is 45.1 Å². The summed E-state index contributed by atoms with van der Waals surface area (Å²) in [7, 11) is 0. The van der Waals surface area contributed by atoms with Crippen molar-refractivity contribution >= 4 is 11.8 Å². The van der Waals surface area contributed by atoms with Crippen LogP contribution in [0.2, 0.25) is 0 Å². The number of anilines is 1. The Balaban J connectivity index is 1.71. The van der Waals surface area contributed by atoms with Gasteiger partial charge in [-0.2, -0.15) is 0 Å². The average Bonchev–Trinajstić information content (AvgIpc) is 2.60. The van der Waals surface area contributed by atoms with Crippen LogP contribution >= 0.6 is 0 Å². The van der Waals surface area contributed by atoms with Crippen LogP contribution in [0.4, 0.5) is 10.6 Å². The second kappa shape index (κ2) is 9.47. The van der Waals surface area contributed by atoms with E-state index in [0.29, 0.717) is 19.0 Å². The SMILES string of the molecule is CCN(CC)c1ccc(CNC(=O)NCC2CCCC(O)C2)cn1. The number of aliphatic hydroxyl groups excluding tert-OH is 1. The summed E-state index contributed by atoms with van der Waals surface area (Å²) in [4.78, 5) is 18.5. The molecule has 0 spiro atoms. The first-order valence-corrected chi connectivity index (χ1v) is 9.02. The highest BCUT2D eigenvalue weighted by Gasteiger charge is 2.20. The minimum atomic E-state index is -0.205. The van der Waals surface area contributed by atoms with E-state index < -0.39 is 0 Å². The Hall–Kier alpha value is -1.82. The molecule has 1 aliphatic rings. The summed E-state index contributed by atoms with van der Waals surface area (Å²) in [6, 6.07) is 3.83. The monoisotopic (exact) mass is 334 g/mol. The normalized spacial score (nSPS) is 20.5. The van der Waals surface area contributed by atoms with E-state index in [1.165, 1.54) is 0 Å². The Labute approximate surface area is 144 Å². The zero-order valence-electron chi connectivity index (χ0n) is 14.8. The van der Waals surface area contributed by atoms with E-state index in [0.717, 1.165) is 50.2 Å². The number of carbonyl (C=O) groups is 1. The molecule has 0 aliphatic heterocycles. The molecule has 1 aromatic heterocycles. The van der Waals surface area contributed by atoms with Gasteiger partial charge in [-0.05, 0) is 50.7 Å². The lowest BCUT2D eigenvalue weighted by Crippen LogP contribution is -2.39. The maximum Gasteiger partial charge on any atom is 0.315 e. The third-order valence-corrected chi connectivity index (χ3v) is 4.66. The summed E-state index contributed by atoms with van der Waals surface area (Å²) >= 11 is 0. The molecule has 2 rings (SSSR count). The van der Waals surface area contributed by atoms with Gasteiger partial charge in [0.15, 0.2) is 0 Å². The summed E-state index contributed by atoms with van der Waals surface area (Å²) in [5.74, 6) is 1.35. The van der Waals surface area contributed by atoms with Crippen LogP contribution in [0.15, 0.2) is 18.3 Å². The number of rotatable bonds is 7. The maximum absolute atomic E-state index is 11.9. The minimum Gasteiger partial charge on any atom is -0.393 e. The van der Waals surface area contributed by atoms with Gasteiger partial charge in [0.05, 0.1) is 6.10 Å². The second-order valence-corrected chi connectivity index (χ2v) is 6.45. The van der Waals surface area contributed by atoms with Crippen molar-refractivity contribution in [1.82, 2.24) is 15.6 Å². The van der Waals surface area contributed by atoms with Crippen molar-refractivity contribution in [3.8, 4) is 0 Å². The maximum atomic E-state index is 11.9. The van der Waals surface area contributed by atoms with E-state index >= 15 is 0 Å². The summed E-state index contributed by atoms with van der Waals surface area (Å²) in [6.45, 7) is 7.16. The molecule has 2 unspecified atom stereocenters. The number of nitrogens with zero attached hydrogens (tertiary/aromatic N) is 2. The van der Waals surface area contributed by atoms with E-state index in [2.05, 4.69) is 34.4 Å². The fraction of sp³-hybridized carbons (Fsp3) is 0.667. The highest BCUT2D eigenvalue weighted by Crippen LogP contribution is 2.23. The number of aromatic nitrogens is 1. The number of pyridine rings is 1. The number of aliphatic hydroxyl groups is 1. The molecule has 2 amide bonds. The topological polar surface area (TPSA) is 77.5 Å². The van der Waals surface area contributed by atoms with E-state index in [9.17, 15) is 9.90 Å². The molecule has 1 saturated carbocycles. The van der Waals surface area contributed by atoms with Crippen molar-refractivity contribution < 1.29 is 9.90 Å². The molecule has 134 valence electrons. The first-order chi connectivity index (χ1) is 11.6. The van der Waals surface area contributed by atoms with Gasteiger partial charge in [0.2, 0.25) is 0 Å². The largest absolute Gasteiger partial charge is 0.393 e. The predicted molar refractivity (Wildman–Crippen MR) is 96.0 cm³/mol.